The van der Waals surface area contributed by atoms with Crippen molar-refractivity contribution in [1.82, 2.24) is 0 Å². The van der Waals surface area contributed by atoms with Crippen LogP contribution in [0, 0.1) is 5.41 Å². The Balaban J connectivity index is 2.10. The lowest BCUT2D eigenvalue weighted by Crippen LogP contribution is -2.28. The second-order valence-corrected chi connectivity index (χ2v) is 7.38. The van der Waals surface area contributed by atoms with Crippen LogP contribution in [0.1, 0.15) is 59.3 Å². The summed E-state index contributed by atoms with van der Waals surface area (Å²) in [5.74, 6) is 1.11. The molecule has 0 saturated heterocycles. The fourth-order valence-corrected chi connectivity index (χ4v) is 3.29. The quantitative estimate of drug-likeness (QED) is 0.552. The van der Waals surface area contributed by atoms with Crippen molar-refractivity contribution in [2.45, 2.75) is 70.0 Å². The van der Waals surface area contributed by atoms with Crippen LogP contribution in [-0.2, 0) is 4.74 Å². The largest absolute Gasteiger partial charge is 0.498 e. The Bertz CT molecular complexity index is 398. The molecule has 104 valence electrons. The van der Waals surface area contributed by atoms with Gasteiger partial charge in [-0.1, -0.05) is 26.0 Å². The Morgan fingerprint density at radius 3 is 2.53 bits per heavy atom. The van der Waals surface area contributed by atoms with Crippen molar-refractivity contribution in [3.63, 3.8) is 0 Å². The minimum absolute atomic E-state index is 0.341. The van der Waals surface area contributed by atoms with Crippen molar-refractivity contribution in [1.29, 1.82) is 0 Å². The minimum Gasteiger partial charge on any atom is -0.498 e. The third-order valence-electron chi connectivity index (χ3n) is 4.67. The van der Waals surface area contributed by atoms with E-state index < -0.39 is 5.50 Å². The van der Waals surface area contributed by atoms with Crippen molar-refractivity contribution in [2.24, 2.45) is 5.41 Å². The van der Waals surface area contributed by atoms with Crippen LogP contribution in [0.5, 0.6) is 0 Å². The Labute approximate surface area is 124 Å². The molecule has 2 aliphatic rings. The van der Waals surface area contributed by atoms with Crippen molar-refractivity contribution in [3.8, 4) is 0 Å². The molecular weight excluding hydrogens is 251 g/mol. The van der Waals surface area contributed by atoms with Gasteiger partial charge in [-0.3, -0.25) is 0 Å². The second-order valence-electron chi connectivity index (χ2n) is 6.60. The van der Waals surface area contributed by atoms with E-state index in [-0.39, 0.29) is 0 Å². The lowest BCUT2D eigenvalue weighted by atomic mass is 9.78. The summed E-state index contributed by atoms with van der Waals surface area (Å²) in [7, 11) is 6.06. The van der Waals surface area contributed by atoms with E-state index in [2.05, 4.69) is 19.9 Å². The molecule has 1 nitrogen and oxygen atoms in total. The van der Waals surface area contributed by atoms with E-state index in [1.165, 1.54) is 24.8 Å². The third kappa shape index (κ3) is 3.62. The van der Waals surface area contributed by atoms with E-state index in [0.29, 0.717) is 10.7 Å². The lowest BCUT2D eigenvalue weighted by molar-refractivity contribution is 0.116. The normalized spacial score (nSPS) is 37.7. The summed E-state index contributed by atoms with van der Waals surface area (Å²) in [6.07, 6.45) is 11.1. The Kier molecular flexibility index (Phi) is 4.44. The highest BCUT2D eigenvalue weighted by atomic mass is 32.1. The molecule has 0 aromatic rings. The molecule has 1 aliphatic heterocycles. The molecule has 1 heterocycles. The molecule has 2 radical (unpaired) electrons. The van der Waals surface area contributed by atoms with Gasteiger partial charge in [0.15, 0.2) is 0 Å². The van der Waals surface area contributed by atoms with Crippen LogP contribution in [0.15, 0.2) is 23.5 Å². The van der Waals surface area contributed by atoms with E-state index in [0.717, 1.165) is 25.0 Å². The molecule has 0 aromatic carbocycles. The van der Waals surface area contributed by atoms with Crippen molar-refractivity contribution < 1.29 is 4.74 Å². The SMILES string of the molecule is [B]C1(C)C=CC2=C(CCCC(C)(C(C)S)CCC2)O1. The van der Waals surface area contributed by atoms with Crippen LogP contribution in [0.4, 0.5) is 0 Å². The van der Waals surface area contributed by atoms with Crippen LogP contribution >= 0.6 is 12.6 Å². The molecule has 3 heteroatoms. The Morgan fingerprint density at radius 2 is 1.89 bits per heavy atom. The second kappa shape index (κ2) is 5.59. The molecule has 0 N–H and O–H groups in total. The van der Waals surface area contributed by atoms with E-state index in [1.54, 1.807) is 0 Å². The van der Waals surface area contributed by atoms with Gasteiger partial charge < -0.3 is 4.74 Å². The Morgan fingerprint density at radius 1 is 1.26 bits per heavy atom. The average molecular weight is 276 g/mol. The summed E-state index contributed by atoms with van der Waals surface area (Å²) < 4.78 is 5.95. The maximum absolute atomic E-state index is 6.06. The number of ether oxygens (including phenoxy) is 1. The number of allylic oxidation sites excluding steroid dienone is 3. The predicted molar refractivity (Wildman–Crippen MR) is 85.7 cm³/mol. The minimum atomic E-state index is -0.632. The van der Waals surface area contributed by atoms with E-state index in [4.69, 9.17) is 25.2 Å². The van der Waals surface area contributed by atoms with Crippen LogP contribution in [-0.4, -0.2) is 18.6 Å². The van der Waals surface area contributed by atoms with Gasteiger partial charge in [0.05, 0.1) is 11.3 Å². The molecule has 3 atom stereocenters. The van der Waals surface area contributed by atoms with Crippen molar-refractivity contribution >= 4 is 20.5 Å². The molecule has 1 aliphatic carbocycles. The molecule has 0 amide bonds. The zero-order valence-corrected chi connectivity index (χ0v) is 13.3. The first-order chi connectivity index (χ1) is 8.82. The van der Waals surface area contributed by atoms with Gasteiger partial charge in [0.25, 0.3) is 0 Å². The molecular formula is C16H25BOS. The molecule has 0 spiro atoms. The first-order valence-electron chi connectivity index (χ1n) is 7.40. The summed E-state index contributed by atoms with van der Waals surface area (Å²) in [4.78, 5) is 0. The summed E-state index contributed by atoms with van der Waals surface area (Å²) in [5.41, 5.74) is 1.06. The maximum atomic E-state index is 6.06. The maximum Gasteiger partial charge on any atom is 0.137 e. The van der Waals surface area contributed by atoms with Gasteiger partial charge in [-0.2, -0.15) is 12.6 Å². The van der Waals surface area contributed by atoms with E-state index >= 15 is 0 Å². The van der Waals surface area contributed by atoms with Gasteiger partial charge in [-0.05, 0) is 50.0 Å². The highest BCUT2D eigenvalue weighted by Gasteiger charge is 2.31. The molecule has 0 fully saturated rings. The highest BCUT2D eigenvalue weighted by molar-refractivity contribution is 7.81. The fourth-order valence-electron chi connectivity index (χ4n) is 3.04. The number of thiol groups is 1. The molecule has 19 heavy (non-hydrogen) atoms. The average Bonchev–Trinajstić information content (AvgIpc) is 2.37. The van der Waals surface area contributed by atoms with Gasteiger partial charge in [0.2, 0.25) is 0 Å². The standard InChI is InChI=1S/C16H25BOS/c1-12(19)15(2)9-4-6-13-8-11-16(3,17)18-14(13)7-5-10-15/h8,11-12,19H,4-7,9-10H2,1-3H3. The van der Waals surface area contributed by atoms with Gasteiger partial charge in [-0.25, -0.2) is 0 Å². The molecule has 2 rings (SSSR count). The van der Waals surface area contributed by atoms with E-state index in [9.17, 15) is 0 Å². The summed E-state index contributed by atoms with van der Waals surface area (Å²) in [6, 6.07) is 0. The van der Waals surface area contributed by atoms with Crippen LogP contribution in [0.25, 0.3) is 0 Å². The molecule has 0 saturated carbocycles. The smallest absolute Gasteiger partial charge is 0.137 e. The topological polar surface area (TPSA) is 9.23 Å². The zero-order chi connectivity index (χ0) is 14.1. The van der Waals surface area contributed by atoms with E-state index in [1.807, 2.05) is 13.0 Å². The molecule has 0 bridgehead atoms. The molecule has 0 aromatic heterocycles. The predicted octanol–water partition coefficient (Wildman–Crippen LogP) is 4.39. The van der Waals surface area contributed by atoms with Gasteiger partial charge in [-0.15, -0.1) is 0 Å². The van der Waals surface area contributed by atoms with Gasteiger partial charge >= 0.3 is 0 Å². The van der Waals surface area contributed by atoms with Crippen LogP contribution in [0.2, 0.25) is 0 Å². The number of hydrogen-bond donors (Lipinski definition) is 1. The van der Waals surface area contributed by atoms with Crippen molar-refractivity contribution in [3.05, 3.63) is 23.5 Å². The van der Waals surface area contributed by atoms with Gasteiger partial charge in [0.1, 0.15) is 7.85 Å². The fraction of sp³-hybridized carbons (Fsp3) is 0.750. The number of hydrogen-bond acceptors (Lipinski definition) is 2. The van der Waals surface area contributed by atoms with Crippen LogP contribution < -0.4 is 0 Å². The first kappa shape index (κ1) is 15.1. The third-order valence-corrected chi connectivity index (χ3v) is 5.29. The Hall–Kier alpha value is -0.305. The lowest BCUT2D eigenvalue weighted by Gasteiger charge is -2.33. The van der Waals surface area contributed by atoms with Crippen molar-refractivity contribution in [2.75, 3.05) is 0 Å². The summed E-state index contributed by atoms with van der Waals surface area (Å²) in [6.45, 7) is 6.51. The zero-order valence-electron chi connectivity index (χ0n) is 12.4. The first-order valence-corrected chi connectivity index (χ1v) is 7.91. The summed E-state index contributed by atoms with van der Waals surface area (Å²) in [5, 5.41) is 0.443. The highest BCUT2D eigenvalue weighted by Crippen LogP contribution is 2.41. The monoisotopic (exact) mass is 276 g/mol. The number of rotatable bonds is 1. The molecule has 3 unspecified atom stereocenters. The van der Waals surface area contributed by atoms with Crippen LogP contribution in [0.3, 0.4) is 0 Å². The van der Waals surface area contributed by atoms with Gasteiger partial charge in [0, 0.05) is 11.7 Å². The summed E-state index contributed by atoms with van der Waals surface area (Å²) >= 11 is 4.70.